The Labute approximate surface area is 74.7 Å². The summed E-state index contributed by atoms with van der Waals surface area (Å²) >= 11 is 0. The average molecular weight is 176 g/mol. The van der Waals surface area contributed by atoms with Crippen LogP contribution in [0.25, 0.3) is 10.5 Å². The molecule has 0 saturated carbocycles. The van der Waals surface area contributed by atoms with Crippen molar-refractivity contribution in [3.8, 4) is 0 Å². The van der Waals surface area contributed by atoms with Gasteiger partial charge in [-0.05, 0) is 28.3 Å². The van der Waals surface area contributed by atoms with Gasteiger partial charge in [0.2, 0.25) is 0 Å². The molecule has 1 aromatic carbocycles. The fourth-order valence-electron chi connectivity index (χ4n) is 1.54. The topological polar surface area (TPSA) is 0 Å². The Morgan fingerprint density at radius 3 is 2.83 bits per heavy atom. The molecule has 0 nitrogen and oxygen atoms in total. The fraction of sp³-hybridized carbons (Fsp3) is 0.273. The summed E-state index contributed by atoms with van der Waals surface area (Å²) in [5.41, 5.74) is 0. The molecule has 0 N–H and O–H groups in total. The van der Waals surface area contributed by atoms with Gasteiger partial charge in [0.05, 0.1) is 0 Å². The second-order valence-electron chi connectivity index (χ2n) is 3.13. The van der Waals surface area contributed by atoms with Crippen molar-refractivity contribution in [1.29, 1.82) is 0 Å². The van der Waals surface area contributed by atoms with E-state index in [0.717, 1.165) is 8.19 Å². The van der Waals surface area contributed by atoms with Gasteiger partial charge in [-0.25, -0.2) is 0 Å². The van der Waals surface area contributed by atoms with Crippen LogP contribution in [0.5, 0.6) is 0 Å². The van der Waals surface area contributed by atoms with Crippen LogP contribution in [0.2, 0.25) is 0 Å². The molecule has 0 aliphatic rings. The first kappa shape index (κ1) is 7.89. The van der Waals surface area contributed by atoms with E-state index in [2.05, 4.69) is 37.3 Å². The third-order valence-corrected chi connectivity index (χ3v) is 3.55. The second-order valence-corrected chi connectivity index (χ2v) is 4.56. The largest absolute Gasteiger partial charge is 0.128 e. The summed E-state index contributed by atoms with van der Waals surface area (Å²) < 4.78 is 0. The molecule has 1 atom stereocenters. The molecule has 0 radical (unpaired) electrons. The van der Waals surface area contributed by atoms with Gasteiger partial charge >= 0.3 is 0 Å². The Bertz CT molecular complexity index is 340. The predicted molar refractivity (Wildman–Crippen MR) is 57.4 cm³/mol. The minimum Gasteiger partial charge on any atom is -0.128 e. The van der Waals surface area contributed by atoms with E-state index in [1.165, 1.54) is 23.3 Å². The summed E-state index contributed by atoms with van der Waals surface area (Å²) in [7, 11) is 0.939. The zero-order chi connectivity index (χ0) is 8.39. The summed E-state index contributed by atoms with van der Waals surface area (Å²) in [4.78, 5) is 0. The zero-order valence-corrected chi connectivity index (χ0v) is 8.30. The van der Waals surface area contributed by atoms with Gasteiger partial charge in [0.15, 0.2) is 0 Å². The van der Waals surface area contributed by atoms with Crippen molar-refractivity contribution in [1.82, 2.24) is 0 Å². The van der Waals surface area contributed by atoms with Crippen LogP contribution in [0.3, 0.4) is 0 Å². The minimum atomic E-state index is 0.939. The van der Waals surface area contributed by atoms with E-state index < -0.39 is 0 Å². The Morgan fingerprint density at radius 2 is 2.08 bits per heavy atom. The number of hydrogen-bond donors (Lipinski definition) is 0. The van der Waals surface area contributed by atoms with Crippen LogP contribution in [0.15, 0.2) is 30.3 Å². The van der Waals surface area contributed by atoms with Crippen molar-refractivity contribution in [2.75, 3.05) is 0 Å². The van der Waals surface area contributed by atoms with Gasteiger partial charge in [-0.1, -0.05) is 37.6 Å². The number of hydrogen-bond acceptors (Lipinski definition) is 0. The Hall–Kier alpha value is -0.740. The van der Waals surface area contributed by atoms with Gasteiger partial charge in [0.25, 0.3) is 0 Å². The molecule has 62 valence electrons. The van der Waals surface area contributed by atoms with Crippen molar-refractivity contribution < 1.29 is 0 Å². The van der Waals surface area contributed by atoms with Gasteiger partial charge in [-0.15, -0.1) is 8.19 Å². The SMILES string of the molecule is CCCc1cc2ccccc2[pH]1. The zero-order valence-electron chi connectivity index (χ0n) is 7.30. The average Bonchev–Trinajstić information content (AvgIpc) is 2.47. The van der Waals surface area contributed by atoms with E-state index in [0.29, 0.717) is 0 Å². The number of fused-ring (bicyclic) bond motifs is 1. The fourth-order valence-corrected chi connectivity index (χ4v) is 2.97. The summed E-state index contributed by atoms with van der Waals surface area (Å²) in [6.07, 6.45) is 2.54. The molecule has 12 heavy (non-hydrogen) atoms. The van der Waals surface area contributed by atoms with Gasteiger partial charge in [0, 0.05) is 0 Å². The lowest BCUT2D eigenvalue weighted by Gasteiger charge is -1.87. The minimum absolute atomic E-state index is 0.939. The molecular weight excluding hydrogens is 163 g/mol. The van der Waals surface area contributed by atoms with Crippen LogP contribution in [-0.4, -0.2) is 0 Å². The monoisotopic (exact) mass is 176 g/mol. The maximum absolute atomic E-state index is 2.36. The highest BCUT2D eigenvalue weighted by molar-refractivity contribution is 7.38. The first-order valence-electron chi connectivity index (χ1n) is 4.47. The Kier molecular flexibility index (Phi) is 2.19. The molecule has 0 fully saturated rings. The molecule has 2 rings (SSSR count). The van der Waals surface area contributed by atoms with Crippen LogP contribution in [0, 0.1) is 0 Å². The van der Waals surface area contributed by atoms with E-state index in [4.69, 9.17) is 0 Å². The van der Waals surface area contributed by atoms with Crippen LogP contribution in [0.1, 0.15) is 18.6 Å². The molecule has 0 amide bonds. The molecule has 1 heterocycles. The molecule has 0 aliphatic carbocycles. The summed E-state index contributed by atoms with van der Waals surface area (Å²) in [6, 6.07) is 11.1. The quantitative estimate of drug-likeness (QED) is 0.652. The molecule has 0 aliphatic heterocycles. The highest BCUT2D eigenvalue weighted by atomic mass is 31.0. The third-order valence-electron chi connectivity index (χ3n) is 2.11. The van der Waals surface area contributed by atoms with Crippen LogP contribution in [-0.2, 0) is 6.42 Å². The second kappa shape index (κ2) is 3.33. The van der Waals surface area contributed by atoms with Crippen LogP contribution >= 0.6 is 8.19 Å². The van der Waals surface area contributed by atoms with Gasteiger partial charge in [-0.3, -0.25) is 0 Å². The van der Waals surface area contributed by atoms with Crippen molar-refractivity contribution >= 4 is 18.7 Å². The van der Waals surface area contributed by atoms with E-state index in [1.807, 2.05) is 0 Å². The van der Waals surface area contributed by atoms with Crippen LogP contribution in [0.4, 0.5) is 0 Å². The van der Waals surface area contributed by atoms with E-state index >= 15 is 0 Å². The summed E-state index contributed by atoms with van der Waals surface area (Å²) in [6.45, 7) is 2.24. The molecule has 1 aromatic heterocycles. The normalized spacial score (nSPS) is 11.4. The lowest BCUT2D eigenvalue weighted by atomic mass is 10.2. The molecule has 2 aromatic rings. The summed E-state index contributed by atoms with van der Waals surface area (Å²) in [5.74, 6) is 0. The van der Waals surface area contributed by atoms with Gasteiger partial charge < -0.3 is 0 Å². The highest BCUT2D eigenvalue weighted by Crippen LogP contribution is 2.30. The number of benzene rings is 1. The van der Waals surface area contributed by atoms with Crippen molar-refractivity contribution in [3.05, 3.63) is 35.6 Å². The van der Waals surface area contributed by atoms with E-state index in [1.54, 1.807) is 5.30 Å². The predicted octanol–water partition coefficient (Wildman–Crippen LogP) is 3.82. The van der Waals surface area contributed by atoms with Crippen molar-refractivity contribution in [2.24, 2.45) is 0 Å². The first-order valence-corrected chi connectivity index (χ1v) is 5.47. The number of aryl methyl sites for hydroxylation is 1. The lowest BCUT2D eigenvalue weighted by molar-refractivity contribution is 0.941. The third kappa shape index (κ3) is 1.40. The van der Waals surface area contributed by atoms with Crippen molar-refractivity contribution in [2.45, 2.75) is 19.8 Å². The standard InChI is InChI=1S/C11H13P/c1-2-5-10-8-9-6-3-4-7-11(9)12-10/h3-4,6-8,12H,2,5H2,1H3. The smallest absolute Gasteiger partial charge is 0.00156 e. The van der Waals surface area contributed by atoms with Crippen molar-refractivity contribution in [3.63, 3.8) is 0 Å². The number of rotatable bonds is 2. The first-order chi connectivity index (χ1) is 5.90. The molecule has 1 unspecified atom stereocenters. The molecule has 1 heteroatoms. The summed E-state index contributed by atoms with van der Waals surface area (Å²) in [5, 5.41) is 4.60. The maximum Gasteiger partial charge on any atom is -0.00156 e. The molecular formula is C11H13P. The van der Waals surface area contributed by atoms with E-state index in [9.17, 15) is 0 Å². The molecule has 0 bridgehead atoms. The Balaban J connectivity index is 2.47. The molecule has 0 saturated heterocycles. The van der Waals surface area contributed by atoms with E-state index in [-0.39, 0.29) is 0 Å². The highest BCUT2D eigenvalue weighted by Gasteiger charge is 1.97. The molecule has 0 spiro atoms. The Morgan fingerprint density at radius 1 is 1.25 bits per heavy atom. The maximum atomic E-state index is 2.36. The van der Waals surface area contributed by atoms with Gasteiger partial charge in [0.1, 0.15) is 0 Å². The lowest BCUT2D eigenvalue weighted by Crippen LogP contribution is -1.71. The van der Waals surface area contributed by atoms with Gasteiger partial charge in [-0.2, -0.15) is 0 Å². The van der Waals surface area contributed by atoms with Crippen LogP contribution < -0.4 is 0 Å².